The Balaban J connectivity index is 0.000000265. The highest BCUT2D eigenvalue weighted by Gasteiger charge is 2.82. The molecular formula is C46H64O14. The molecule has 60 heavy (non-hydrogen) atoms. The smallest absolute Gasteiger partial charge is 0.308 e. The number of fused-ring (bicyclic) bond motifs is 1. The summed E-state index contributed by atoms with van der Waals surface area (Å²) >= 11 is 0. The van der Waals surface area contributed by atoms with E-state index in [9.17, 15) is 19.2 Å². The summed E-state index contributed by atoms with van der Waals surface area (Å²) in [6.07, 6.45) is 2.88. The maximum absolute atomic E-state index is 11.4. The van der Waals surface area contributed by atoms with Crippen molar-refractivity contribution >= 4 is 29.6 Å². The van der Waals surface area contributed by atoms with Crippen molar-refractivity contribution in [2.24, 2.45) is 21.7 Å². The zero-order chi connectivity index (χ0) is 44.6. The topological polar surface area (TPSA) is 183 Å². The van der Waals surface area contributed by atoms with Crippen molar-refractivity contribution in [3.63, 3.8) is 0 Å². The van der Waals surface area contributed by atoms with Gasteiger partial charge >= 0.3 is 23.9 Å². The minimum absolute atomic E-state index is 0.135. The monoisotopic (exact) mass is 840 g/mol. The fraction of sp³-hybridized carbons (Fsp3) is 0.609. The largest absolute Gasteiger partial charge is 0.492 e. The molecule has 0 bridgehead atoms. The van der Waals surface area contributed by atoms with Crippen molar-refractivity contribution < 1.29 is 67.6 Å². The average molecular weight is 841 g/mol. The summed E-state index contributed by atoms with van der Waals surface area (Å²) < 4.78 is 34.7. The van der Waals surface area contributed by atoms with Gasteiger partial charge in [0.1, 0.15) is 17.3 Å². The van der Waals surface area contributed by atoms with E-state index in [0.717, 1.165) is 23.3 Å². The zero-order valence-electron chi connectivity index (χ0n) is 36.9. The number of carboxylic acid groups (broad SMARTS) is 2. The molecule has 2 fully saturated rings. The van der Waals surface area contributed by atoms with Crippen LogP contribution in [0.2, 0.25) is 0 Å². The van der Waals surface area contributed by atoms with Crippen LogP contribution in [0.3, 0.4) is 0 Å². The van der Waals surface area contributed by atoms with E-state index in [1.54, 1.807) is 24.3 Å². The Morgan fingerprint density at radius 1 is 0.717 bits per heavy atom. The van der Waals surface area contributed by atoms with E-state index in [0.29, 0.717) is 76.0 Å². The number of ether oxygens (including phenoxy) is 6. The first-order chi connectivity index (χ1) is 28.0. The standard InChI is InChI=1S/C23H32O8.C23H32O6/c1-16(24)29-18-10-8-9-17(13-18)22-23(31-30-22,21(4,5)15-28-22)20(2,3)14-27-12-7-6-11-19(25)26;1-16(24)29-18-10-8-9-17(13-18)20-21(23(4,5)15-28-20)22(2,3)14-27-12-7-6-11-19(25)26/h8-10,13H,6-7,11-12,14-15H2,1-5H3,(H,25,26);8-10,13H,6-7,11-12,14-15H2,1-5H3,(H,25,26). The number of unbranched alkanes of at least 4 members (excludes halogenated alkanes) is 2. The summed E-state index contributed by atoms with van der Waals surface area (Å²) in [4.78, 5) is 55.6. The minimum atomic E-state index is -1.16. The number of carbonyl (C=O) groups excluding carboxylic acids is 2. The van der Waals surface area contributed by atoms with Gasteiger partial charge in [-0.05, 0) is 55.5 Å². The molecule has 3 aliphatic rings. The first kappa shape index (κ1) is 48.3. The Kier molecular flexibility index (Phi) is 15.8. The second-order valence-corrected chi connectivity index (χ2v) is 18.3. The lowest BCUT2D eigenvalue weighted by Crippen LogP contribution is -2.74. The van der Waals surface area contributed by atoms with E-state index >= 15 is 0 Å². The number of carboxylic acids is 2. The normalized spacial score (nSPS) is 21.5. The first-order valence-electron chi connectivity index (χ1n) is 20.6. The number of rotatable bonds is 20. The molecule has 2 N–H and O–H groups in total. The van der Waals surface area contributed by atoms with Gasteiger partial charge in [0.15, 0.2) is 5.60 Å². The number of carbonyl (C=O) groups is 4. The van der Waals surface area contributed by atoms with E-state index in [-0.39, 0.29) is 29.6 Å². The van der Waals surface area contributed by atoms with Crippen LogP contribution in [0.15, 0.2) is 54.1 Å². The highest BCUT2D eigenvalue weighted by molar-refractivity contribution is 5.72. The van der Waals surface area contributed by atoms with Gasteiger partial charge in [-0.2, -0.15) is 4.89 Å². The average Bonchev–Trinajstić information content (AvgIpc) is 3.54. The van der Waals surface area contributed by atoms with E-state index in [4.69, 9.17) is 48.4 Å². The summed E-state index contributed by atoms with van der Waals surface area (Å²) in [6, 6.07) is 14.5. The maximum Gasteiger partial charge on any atom is 0.308 e. The third-order valence-electron chi connectivity index (χ3n) is 11.1. The number of benzene rings is 2. The number of esters is 2. The van der Waals surface area contributed by atoms with Gasteiger partial charge in [0.2, 0.25) is 0 Å². The minimum Gasteiger partial charge on any atom is -0.492 e. The Morgan fingerprint density at radius 3 is 1.80 bits per heavy atom. The molecule has 0 aliphatic carbocycles. The predicted octanol–water partition coefficient (Wildman–Crippen LogP) is 8.50. The van der Waals surface area contributed by atoms with Crippen molar-refractivity contribution in [1.29, 1.82) is 0 Å². The van der Waals surface area contributed by atoms with Crippen LogP contribution in [0.1, 0.15) is 119 Å². The van der Waals surface area contributed by atoms with E-state index in [1.165, 1.54) is 13.8 Å². The molecule has 3 aliphatic heterocycles. The molecular weight excluding hydrogens is 776 g/mol. The number of hydrogen-bond acceptors (Lipinski definition) is 12. The summed E-state index contributed by atoms with van der Waals surface area (Å²) in [7, 11) is 0. The molecule has 0 spiro atoms. The van der Waals surface area contributed by atoms with Gasteiger partial charge < -0.3 is 38.6 Å². The summed E-state index contributed by atoms with van der Waals surface area (Å²) in [5, 5.41) is 17.5. The number of aliphatic carboxylic acids is 2. The molecule has 2 unspecified atom stereocenters. The predicted molar refractivity (Wildman–Crippen MR) is 221 cm³/mol. The summed E-state index contributed by atoms with van der Waals surface area (Å²) in [5.74, 6) is -1.80. The third kappa shape index (κ3) is 10.9. The lowest BCUT2D eigenvalue weighted by atomic mass is 9.57. The molecule has 14 heteroatoms. The molecule has 5 rings (SSSR count). The molecule has 2 atom stereocenters. The molecule has 3 heterocycles. The van der Waals surface area contributed by atoms with Crippen molar-refractivity contribution in [2.45, 2.75) is 119 Å². The van der Waals surface area contributed by atoms with Crippen LogP contribution in [0, 0.1) is 21.7 Å². The van der Waals surface area contributed by atoms with Crippen LogP contribution < -0.4 is 9.47 Å². The summed E-state index contributed by atoms with van der Waals surface area (Å²) in [5.41, 5.74) is 0.520. The summed E-state index contributed by atoms with van der Waals surface area (Å²) in [6.45, 7) is 22.4. The molecule has 2 aromatic carbocycles. The third-order valence-corrected chi connectivity index (χ3v) is 11.1. The highest BCUT2D eigenvalue weighted by atomic mass is 17.3. The van der Waals surface area contributed by atoms with Crippen molar-refractivity contribution in [3.05, 3.63) is 65.2 Å². The van der Waals surface area contributed by atoms with Gasteiger partial charge in [0, 0.05) is 72.7 Å². The van der Waals surface area contributed by atoms with Crippen LogP contribution in [-0.4, -0.2) is 79.3 Å². The van der Waals surface area contributed by atoms with Crippen LogP contribution in [0.4, 0.5) is 0 Å². The molecule has 14 nitrogen and oxygen atoms in total. The Morgan fingerprint density at radius 2 is 1.27 bits per heavy atom. The van der Waals surface area contributed by atoms with E-state index in [2.05, 4.69) is 41.5 Å². The Labute approximate surface area is 353 Å². The molecule has 0 saturated carbocycles. The molecule has 2 saturated heterocycles. The molecule has 0 aromatic heterocycles. The second kappa shape index (κ2) is 19.6. The Bertz CT molecular complexity index is 1880. The maximum atomic E-state index is 11.4. The Hall–Kier alpha value is -4.34. The second-order valence-electron chi connectivity index (χ2n) is 18.3. The highest BCUT2D eigenvalue weighted by Crippen LogP contribution is 2.69. The van der Waals surface area contributed by atoms with Gasteiger partial charge in [-0.25, -0.2) is 4.89 Å². The van der Waals surface area contributed by atoms with E-state index in [1.807, 2.05) is 38.1 Å². The van der Waals surface area contributed by atoms with Crippen molar-refractivity contribution in [3.8, 4) is 11.5 Å². The van der Waals surface area contributed by atoms with Gasteiger partial charge in [0.05, 0.1) is 26.4 Å². The van der Waals surface area contributed by atoms with Crippen LogP contribution in [0.25, 0.3) is 5.76 Å². The van der Waals surface area contributed by atoms with Gasteiger partial charge in [-0.15, -0.1) is 0 Å². The van der Waals surface area contributed by atoms with E-state index < -0.39 is 40.1 Å². The first-order valence-corrected chi connectivity index (χ1v) is 20.6. The SMILES string of the molecule is CC(=O)Oc1cccc(C23OCC(C)(C)C2(C(C)(C)COCCCCC(=O)O)OO3)c1.CC(=O)Oc1cccc(C2=C(C(C)(C)COCCCCC(=O)O)C(C)(C)CO2)c1. The van der Waals surface area contributed by atoms with Crippen LogP contribution >= 0.6 is 0 Å². The molecule has 332 valence electrons. The van der Waals surface area contributed by atoms with Gasteiger partial charge in [0.25, 0.3) is 5.79 Å². The van der Waals surface area contributed by atoms with Gasteiger partial charge in [-0.3, -0.25) is 19.2 Å². The fourth-order valence-corrected chi connectivity index (χ4v) is 8.82. The molecule has 0 amide bonds. The van der Waals surface area contributed by atoms with Crippen LogP contribution in [-0.2, 0) is 53.7 Å². The van der Waals surface area contributed by atoms with Crippen LogP contribution in [0.5, 0.6) is 11.5 Å². The zero-order valence-corrected chi connectivity index (χ0v) is 36.9. The van der Waals surface area contributed by atoms with Crippen molar-refractivity contribution in [1.82, 2.24) is 0 Å². The van der Waals surface area contributed by atoms with Gasteiger partial charge in [-0.1, -0.05) is 79.7 Å². The fourth-order valence-electron chi connectivity index (χ4n) is 8.82. The quantitative estimate of drug-likeness (QED) is 0.0560. The van der Waals surface area contributed by atoms with Crippen molar-refractivity contribution in [2.75, 3.05) is 39.6 Å². The number of hydrogen-bond donors (Lipinski definition) is 2. The molecule has 2 aromatic rings. The lowest BCUT2D eigenvalue weighted by molar-refractivity contribution is -0.628. The lowest BCUT2D eigenvalue weighted by Gasteiger charge is -2.61. The molecule has 0 radical (unpaired) electrons.